The number of carbonyl (C=O) groups is 2. The molecule has 0 aromatic carbocycles. The Balaban J connectivity index is 4.96. The molecule has 0 radical (unpaired) electrons. The number of allylic oxidation sites excluding steroid dienone is 5. The molecule has 77 heavy (non-hydrogen) atoms. The Morgan fingerprint density at radius 3 is 1.14 bits per heavy atom. The molecule has 1 N–H and O–H groups in total. The Morgan fingerprint density at radius 2 is 0.766 bits per heavy atom. The van der Waals surface area contributed by atoms with E-state index in [-0.39, 0.29) is 31.5 Å². The summed E-state index contributed by atoms with van der Waals surface area (Å²) in [5.41, 5.74) is 0. The highest BCUT2D eigenvalue weighted by atomic mass is 31.2. The first-order valence-corrected chi connectivity index (χ1v) is 34.8. The van der Waals surface area contributed by atoms with Gasteiger partial charge < -0.3 is 28.5 Å². The van der Waals surface area contributed by atoms with Crippen LogP contribution in [0.25, 0.3) is 0 Å². The predicted octanol–water partition coefficient (Wildman–Crippen LogP) is 20.0. The van der Waals surface area contributed by atoms with Crippen molar-refractivity contribution in [3.63, 3.8) is 0 Å². The molecule has 0 bridgehead atoms. The molecule has 0 saturated heterocycles. The summed E-state index contributed by atoms with van der Waals surface area (Å²) in [6.07, 6.45) is 69.9. The minimum atomic E-state index is -4.70. The molecule has 0 aromatic rings. The lowest BCUT2D eigenvalue weighted by Crippen LogP contribution is -2.47. The van der Waals surface area contributed by atoms with Gasteiger partial charge in [-0.05, 0) is 76.7 Å². The summed E-state index contributed by atoms with van der Waals surface area (Å²) >= 11 is 0. The van der Waals surface area contributed by atoms with E-state index in [4.69, 9.17) is 13.8 Å². The molecule has 10 heteroatoms. The molecule has 0 rings (SSSR count). The molecular formula is C67H129N2O7P. The molecule has 3 unspecified atom stereocenters. The monoisotopic (exact) mass is 1100 g/mol. The number of likely N-dealkylation sites (N-methyl/N-ethyl adjacent to an activating group) is 1. The van der Waals surface area contributed by atoms with Crippen LogP contribution < -0.4 is 10.2 Å². The molecular weight excluding hydrogens is 976 g/mol. The maximum atomic E-state index is 13.5. The van der Waals surface area contributed by atoms with E-state index >= 15 is 0 Å². The third-order valence-electron chi connectivity index (χ3n) is 15.0. The van der Waals surface area contributed by atoms with Gasteiger partial charge in [0, 0.05) is 12.8 Å². The molecule has 0 aliphatic heterocycles. The van der Waals surface area contributed by atoms with E-state index in [9.17, 15) is 19.0 Å². The smallest absolute Gasteiger partial charge is 0.306 e. The Bertz CT molecular complexity index is 1410. The van der Waals surface area contributed by atoms with Gasteiger partial charge >= 0.3 is 5.97 Å². The summed E-state index contributed by atoms with van der Waals surface area (Å²) in [6.45, 7) is 6.83. The van der Waals surface area contributed by atoms with Crippen molar-refractivity contribution in [2.75, 3.05) is 40.9 Å². The van der Waals surface area contributed by atoms with Crippen molar-refractivity contribution in [1.29, 1.82) is 0 Å². The molecule has 9 nitrogen and oxygen atoms in total. The number of amides is 1. The number of rotatable bonds is 61. The number of ether oxygens (including phenoxy) is 1. The third kappa shape index (κ3) is 58.7. The van der Waals surface area contributed by atoms with E-state index in [1.165, 1.54) is 212 Å². The van der Waals surface area contributed by atoms with Crippen LogP contribution in [0.15, 0.2) is 36.5 Å². The normalized spacial score (nSPS) is 13.8. The van der Waals surface area contributed by atoms with Crippen LogP contribution in [-0.2, 0) is 27.9 Å². The lowest BCUT2D eigenvalue weighted by Gasteiger charge is -2.30. The zero-order valence-corrected chi connectivity index (χ0v) is 52.8. The summed E-state index contributed by atoms with van der Waals surface area (Å²) in [7, 11) is 1.19. The second-order valence-electron chi connectivity index (χ2n) is 24.0. The first-order chi connectivity index (χ1) is 37.4. The van der Waals surface area contributed by atoms with Crippen molar-refractivity contribution < 1.29 is 37.3 Å². The number of unbranched alkanes of at least 4 members (excludes halogenated alkanes) is 41. The second kappa shape index (κ2) is 57.5. The van der Waals surface area contributed by atoms with E-state index < -0.39 is 20.0 Å². The fourth-order valence-corrected chi connectivity index (χ4v) is 10.6. The fourth-order valence-electron chi connectivity index (χ4n) is 9.85. The van der Waals surface area contributed by atoms with Crippen LogP contribution in [0.3, 0.4) is 0 Å². The predicted molar refractivity (Wildman–Crippen MR) is 330 cm³/mol. The lowest BCUT2D eigenvalue weighted by atomic mass is 10.0. The van der Waals surface area contributed by atoms with Crippen molar-refractivity contribution >= 4 is 19.7 Å². The van der Waals surface area contributed by atoms with E-state index in [0.29, 0.717) is 17.4 Å². The number of carbonyl (C=O) groups excluding carboxylic acids is 2. The van der Waals surface area contributed by atoms with Crippen molar-refractivity contribution in [3.8, 4) is 0 Å². The Morgan fingerprint density at radius 1 is 0.442 bits per heavy atom. The van der Waals surface area contributed by atoms with Gasteiger partial charge in [0.05, 0.1) is 33.8 Å². The SMILES string of the molecule is CCCC/C=C\CCCCCCCC(=O)NC(COP(=O)([O-])OCC[N+](C)(C)C)C(/C=C\CCCCCCCCCCCCC)OC(=O)CCCCCCCCCCCCCCCCCCC/C=C/CCCCCCCC. The number of quaternary nitrogens is 1. The number of hydrogen-bond acceptors (Lipinski definition) is 7. The number of nitrogens with zero attached hydrogens (tertiary/aromatic N) is 1. The molecule has 0 saturated carbocycles. The average molecular weight is 1110 g/mol. The lowest BCUT2D eigenvalue weighted by molar-refractivity contribution is -0.870. The summed E-state index contributed by atoms with van der Waals surface area (Å²) in [4.78, 5) is 40.0. The zero-order valence-electron chi connectivity index (χ0n) is 51.9. The first-order valence-electron chi connectivity index (χ1n) is 33.3. The topological polar surface area (TPSA) is 114 Å². The molecule has 0 aliphatic carbocycles. The highest BCUT2D eigenvalue weighted by Crippen LogP contribution is 2.38. The largest absolute Gasteiger partial charge is 0.756 e. The van der Waals surface area contributed by atoms with Crippen molar-refractivity contribution in [2.24, 2.45) is 0 Å². The van der Waals surface area contributed by atoms with E-state index in [1.807, 2.05) is 33.3 Å². The van der Waals surface area contributed by atoms with Crippen molar-refractivity contribution in [2.45, 2.75) is 341 Å². The van der Waals surface area contributed by atoms with Crippen LogP contribution in [0.4, 0.5) is 0 Å². The Labute approximate surface area is 478 Å². The molecule has 3 atom stereocenters. The Kier molecular flexibility index (Phi) is 56.1. The molecule has 0 fully saturated rings. The maximum absolute atomic E-state index is 13.5. The van der Waals surface area contributed by atoms with Gasteiger partial charge in [0.25, 0.3) is 7.82 Å². The highest BCUT2D eigenvalue weighted by molar-refractivity contribution is 7.45. The summed E-state index contributed by atoms with van der Waals surface area (Å²) in [6, 6.07) is -0.888. The summed E-state index contributed by atoms with van der Waals surface area (Å²) in [5, 5.41) is 3.02. The van der Waals surface area contributed by atoms with Crippen LogP contribution >= 0.6 is 7.82 Å². The number of hydrogen-bond donors (Lipinski definition) is 1. The standard InChI is InChI=1S/C67H129N2O7P/c1-7-10-13-16-19-22-25-27-28-29-30-31-32-33-34-35-36-37-38-39-40-42-45-48-51-54-57-60-67(71)76-65(58-55-52-49-46-44-41-26-23-20-17-14-11-8-2)64(63-75-77(72,73)74-62-61-69(4,5)6)68-66(70)59-56-53-50-47-43-24-21-18-15-12-9-3/h18,21,27-28,55,58,64-65H,7-17,19-20,22-26,29-54,56-57,59-63H2,1-6H3,(H-,68,70,72,73)/b21-18-,28-27+,58-55-. The Hall–Kier alpha value is -1.77. The minimum Gasteiger partial charge on any atom is -0.756 e. The number of nitrogens with one attached hydrogen (secondary N) is 1. The molecule has 0 aromatic heterocycles. The molecule has 1 amide bonds. The summed E-state index contributed by atoms with van der Waals surface area (Å²) < 4.78 is 30.3. The first kappa shape index (κ1) is 75.2. The zero-order chi connectivity index (χ0) is 56.4. The number of esters is 1. The van der Waals surface area contributed by atoms with Crippen LogP contribution in [0.5, 0.6) is 0 Å². The molecule has 0 heterocycles. The molecule has 454 valence electrons. The van der Waals surface area contributed by atoms with E-state index in [0.717, 1.165) is 83.5 Å². The van der Waals surface area contributed by atoms with Gasteiger partial charge in [-0.25, -0.2) is 0 Å². The minimum absolute atomic E-state index is 0.0216. The number of phosphoric acid groups is 1. The number of phosphoric ester groups is 1. The van der Waals surface area contributed by atoms with E-state index in [1.54, 1.807) is 0 Å². The third-order valence-corrected chi connectivity index (χ3v) is 16.0. The van der Waals surface area contributed by atoms with Crippen LogP contribution in [0.2, 0.25) is 0 Å². The van der Waals surface area contributed by atoms with Gasteiger partial charge in [-0.3, -0.25) is 14.2 Å². The van der Waals surface area contributed by atoms with Crippen LogP contribution in [0.1, 0.15) is 329 Å². The van der Waals surface area contributed by atoms with Crippen molar-refractivity contribution in [3.05, 3.63) is 36.5 Å². The van der Waals surface area contributed by atoms with Gasteiger partial charge in [0.15, 0.2) is 0 Å². The second-order valence-corrected chi connectivity index (χ2v) is 25.4. The molecule has 0 spiro atoms. The van der Waals surface area contributed by atoms with Gasteiger partial charge in [-0.2, -0.15) is 0 Å². The van der Waals surface area contributed by atoms with Crippen LogP contribution in [-0.4, -0.2) is 69.4 Å². The quantitative estimate of drug-likeness (QED) is 0.0212. The van der Waals surface area contributed by atoms with E-state index in [2.05, 4.69) is 50.4 Å². The molecule has 0 aliphatic rings. The highest BCUT2D eigenvalue weighted by Gasteiger charge is 2.27. The summed E-state index contributed by atoms with van der Waals surface area (Å²) in [5.74, 6) is -0.538. The van der Waals surface area contributed by atoms with Crippen LogP contribution in [0, 0.1) is 0 Å². The van der Waals surface area contributed by atoms with Gasteiger partial charge in [-0.15, -0.1) is 0 Å². The fraction of sp³-hybridized carbons (Fsp3) is 0.881. The van der Waals surface area contributed by atoms with Gasteiger partial charge in [-0.1, -0.05) is 276 Å². The van der Waals surface area contributed by atoms with Gasteiger partial charge in [0.2, 0.25) is 5.91 Å². The average Bonchev–Trinajstić information content (AvgIpc) is 3.39. The maximum Gasteiger partial charge on any atom is 0.306 e. The van der Waals surface area contributed by atoms with Crippen molar-refractivity contribution in [1.82, 2.24) is 5.32 Å². The van der Waals surface area contributed by atoms with Gasteiger partial charge in [0.1, 0.15) is 19.3 Å².